The van der Waals surface area contributed by atoms with Crippen molar-refractivity contribution in [1.82, 2.24) is 0 Å². The van der Waals surface area contributed by atoms with Gasteiger partial charge < -0.3 is 19.3 Å². The van der Waals surface area contributed by atoms with Gasteiger partial charge in [-0.3, -0.25) is 4.79 Å². The van der Waals surface area contributed by atoms with Crippen molar-refractivity contribution >= 4 is 11.5 Å². The summed E-state index contributed by atoms with van der Waals surface area (Å²) >= 11 is 0. The summed E-state index contributed by atoms with van der Waals surface area (Å²) in [5, 5.41) is 9.13. The molecule has 2 aromatic carbocycles. The van der Waals surface area contributed by atoms with Crippen LogP contribution in [0.5, 0.6) is 5.75 Å². The molecule has 2 aromatic rings. The lowest BCUT2D eigenvalue weighted by Gasteiger charge is -2.30. The minimum absolute atomic E-state index is 0.0759. The van der Waals surface area contributed by atoms with Crippen molar-refractivity contribution in [2.75, 3.05) is 13.2 Å². The number of rotatable bonds is 8. The molecule has 0 saturated carbocycles. The molecule has 2 aliphatic rings. The van der Waals surface area contributed by atoms with E-state index in [4.69, 9.17) is 19.3 Å². The van der Waals surface area contributed by atoms with E-state index >= 15 is 0 Å². The van der Waals surface area contributed by atoms with Crippen molar-refractivity contribution in [3.05, 3.63) is 83.4 Å². The summed E-state index contributed by atoms with van der Waals surface area (Å²) < 4.78 is 17.6. The van der Waals surface area contributed by atoms with Crippen LogP contribution in [0.25, 0.3) is 5.57 Å². The van der Waals surface area contributed by atoms with Crippen LogP contribution < -0.4 is 4.74 Å². The highest BCUT2D eigenvalue weighted by atomic mass is 16.7. The summed E-state index contributed by atoms with van der Waals surface area (Å²) in [5.41, 5.74) is 4.63. The Hall–Kier alpha value is -2.89. The van der Waals surface area contributed by atoms with Crippen LogP contribution in [0.2, 0.25) is 0 Å². The molecule has 1 heterocycles. The molecule has 0 aromatic heterocycles. The molecule has 1 spiro atoms. The molecule has 1 aliphatic carbocycles. The summed E-state index contributed by atoms with van der Waals surface area (Å²) in [7, 11) is 0. The minimum atomic E-state index is -0.806. The van der Waals surface area contributed by atoms with Crippen LogP contribution >= 0.6 is 0 Å². The fraction of sp³-hybridized carbons (Fsp3) is 0.370. The third kappa shape index (κ3) is 5.47. The Labute approximate surface area is 189 Å². The quantitative estimate of drug-likeness (QED) is 0.539. The van der Waals surface area contributed by atoms with E-state index in [9.17, 15) is 4.79 Å². The monoisotopic (exact) mass is 434 g/mol. The Morgan fingerprint density at radius 3 is 2.62 bits per heavy atom. The average Bonchev–Trinajstić information content (AvgIpc) is 3.26. The van der Waals surface area contributed by atoms with Crippen LogP contribution in [0.15, 0.2) is 66.8 Å². The highest BCUT2D eigenvalue weighted by Crippen LogP contribution is 2.38. The van der Waals surface area contributed by atoms with Crippen molar-refractivity contribution < 1.29 is 24.1 Å². The number of carboxylic acids is 1. The van der Waals surface area contributed by atoms with Crippen LogP contribution in [0, 0.1) is 0 Å². The molecule has 0 amide bonds. The Bertz CT molecular complexity index is 983. The zero-order valence-corrected chi connectivity index (χ0v) is 18.5. The predicted molar refractivity (Wildman–Crippen MR) is 123 cm³/mol. The molecule has 1 unspecified atom stereocenters. The number of carbonyl (C=O) groups is 1. The SMILES string of the molecule is CC=CC(CC(=O)O)c1ccc(OCc2cccc(C3=CCC4(CC3)OCCO4)c2)cc1. The molecule has 5 heteroatoms. The number of ether oxygens (including phenoxy) is 3. The molecule has 32 heavy (non-hydrogen) atoms. The number of allylic oxidation sites excluding steroid dienone is 3. The maximum atomic E-state index is 11.1. The van der Waals surface area contributed by atoms with Crippen molar-refractivity contribution in [2.45, 2.75) is 50.9 Å². The topological polar surface area (TPSA) is 65.0 Å². The molecule has 0 bridgehead atoms. The largest absolute Gasteiger partial charge is 0.489 e. The van der Waals surface area contributed by atoms with E-state index in [0.29, 0.717) is 19.8 Å². The van der Waals surface area contributed by atoms with Gasteiger partial charge in [0.15, 0.2) is 5.79 Å². The molecule has 4 rings (SSSR count). The third-order valence-electron chi connectivity index (χ3n) is 6.08. The normalized spacial score (nSPS) is 18.6. The fourth-order valence-corrected chi connectivity index (χ4v) is 4.39. The molecule has 0 radical (unpaired) electrons. The third-order valence-corrected chi connectivity index (χ3v) is 6.08. The lowest BCUT2D eigenvalue weighted by Crippen LogP contribution is -2.31. The Balaban J connectivity index is 1.37. The molecular formula is C27H30O5. The summed E-state index contributed by atoms with van der Waals surface area (Å²) in [6.45, 7) is 3.75. The number of carboxylic acid groups (broad SMARTS) is 1. The van der Waals surface area contributed by atoms with Gasteiger partial charge in [0.1, 0.15) is 12.4 Å². The van der Waals surface area contributed by atoms with Crippen molar-refractivity contribution in [3.8, 4) is 5.75 Å². The molecule has 1 atom stereocenters. The molecule has 1 aliphatic heterocycles. The maximum Gasteiger partial charge on any atom is 0.304 e. The number of hydrogen-bond donors (Lipinski definition) is 1. The van der Waals surface area contributed by atoms with Gasteiger partial charge >= 0.3 is 5.97 Å². The smallest absolute Gasteiger partial charge is 0.304 e. The first-order valence-electron chi connectivity index (χ1n) is 11.2. The highest BCUT2D eigenvalue weighted by molar-refractivity contribution is 5.68. The summed E-state index contributed by atoms with van der Waals surface area (Å²) in [6, 6.07) is 16.2. The van der Waals surface area contributed by atoms with E-state index in [0.717, 1.165) is 36.1 Å². The van der Waals surface area contributed by atoms with Gasteiger partial charge in [-0.1, -0.05) is 48.6 Å². The van der Waals surface area contributed by atoms with Gasteiger partial charge in [-0.2, -0.15) is 0 Å². The standard InChI is InChI=1S/C27H30O5/c1-2-4-23(18-26(28)29)21-7-9-25(10-8-21)30-19-20-5-3-6-24(17-20)22-11-13-27(14-12-22)31-15-16-32-27/h2-11,17,23H,12-16,18-19H2,1H3,(H,28,29). The summed E-state index contributed by atoms with van der Waals surface area (Å²) in [6.07, 6.45) is 8.75. The van der Waals surface area contributed by atoms with E-state index in [-0.39, 0.29) is 12.3 Å². The maximum absolute atomic E-state index is 11.1. The zero-order valence-electron chi connectivity index (χ0n) is 18.5. The van der Waals surface area contributed by atoms with Crippen molar-refractivity contribution in [3.63, 3.8) is 0 Å². The molecule has 1 fully saturated rings. The van der Waals surface area contributed by atoms with Gasteiger partial charge in [-0.25, -0.2) is 0 Å². The minimum Gasteiger partial charge on any atom is -0.489 e. The van der Waals surface area contributed by atoms with E-state index in [1.165, 1.54) is 11.1 Å². The van der Waals surface area contributed by atoms with Gasteiger partial charge in [0.2, 0.25) is 0 Å². The first kappa shape index (κ1) is 22.3. The number of benzene rings is 2. The molecule has 1 saturated heterocycles. The van der Waals surface area contributed by atoms with Crippen molar-refractivity contribution in [2.24, 2.45) is 0 Å². The van der Waals surface area contributed by atoms with Crippen LogP contribution in [0.1, 0.15) is 55.2 Å². The fourth-order valence-electron chi connectivity index (χ4n) is 4.39. The lowest BCUT2D eigenvalue weighted by atomic mass is 9.89. The molecule has 5 nitrogen and oxygen atoms in total. The molecule has 168 valence electrons. The first-order chi connectivity index (χ1) is 15.6. The second kappa shape index (κ2) is 10.2. The zero-order chi connectivity index (χ0) is 22.4. The predicted octanol–water partition coefficient (Wildman–Crippen LogP) is 5.71. The average molecular weight is 435 g/mol. The van der Waals surface area contributed by atoms with E-state index in [1.807, 2.05) is 43.3 Å². The lowest BCUT2D eigenvalue weighted by molar-refractivity contribution is -0.159. The molecule has 1 N–H and O–H groups in total. The van der Waals surface area contributed by atoms with Crippen molar-refractivity contribution in [1.29, 1.82) is 0 Å². The highest BCUT2D eigenvalue weighted by Gasteiger charge is 2.37. The van der Waals surface area contributed by atoms with Gasteiger partial charge in [-0.15, -0.1) is 0 Å². The first-order valence-corrected chi connectivity index (χ1v) is 11.2. The Kier molecular flexibility index (Phi) is 7.08. The van der Waals surface area contributed by atoms with E-state index in [2.05, 4.69) is 30.3 Å². The number of aliphatic carboxylic acids is 1. The van der Waals surface area contributed by atoms with Gasteiger partial charge in [-0.05, 0) is 53.8 Å². The van der Waals surface area contributed by atoms with Gasteiger partial charge in [0, 0.05) is 18.8 Å². The summed E-state index contributed by atoms with van der Waals surface area (Å²) in [5.74, 6) is -0.568. The van der Waals surface area contributed by atoms with Crippen LogP contribution in [-0.2, 0) is 20.9 Å². The summed E-state index contributed by atoms with van der Waals surface area (Å²) in [4.78, 5) is 11.1. The van der Waals surface area contributed by atoms with Crippen LogP contribution in [-0.4, -0.2) is 30.1 Å². The Morgan fingerprint density at radius 1 is 1.19 bits per heavy atom. The van der Waals surface area contributed by atoms with Gasteiger partial charge in [0.25, 0.3) is 0 Å². The van der Waals surface area contributed by atoms with Crippen LogP contribution in [0.3, 0.4) is 0 Å². The second-order valence-corrected chi connectivity index (χ2v) is 8.33. The van der Waals surface area contributed by atoms with E-state index in [1.54, 1.807) is 0 Å². The molecular weight excluding hydrogens is 404 g/mol. The Morgan fingerprint density at radius 2 is 1.97 bits per heavy atom. The number of hydrogen-bond acceptors (Lipinski definition) is 4. The van der Waals surface area contributed by atoms with Gasteiger partial charge in [0.05, 0.1) is 19.6 Å². The second-order valence-electron chi connectivity index (χ2n) is 8.33. The van der Waals surface area contributed by atoms with E-state index < -0.39 is 11.8 Å². The van der Waals surface area contributed by atoms with Crippen LogP contribution in [0.4, 0.5) is 0 Å².